The first-order valence-corrected chi connectivity index (χ1v) is 7.24. The van der Waals surface area contributed by atoms with Crippen molar-refractivity contribution in [2.45, 2.75) is 6.92 Å². The molecular weight excluding hydrogens is 272 g/mol. The summed E-state index contributed by atoms with van der Waals surface area (Å²) in [7, 11) is 1.93. The van der Waals surface area contributed by atoms with Gasteiger partial charge in [-0.3, -0.25) is 9.25 Å². The van der Waals surface area contributed by atoms with Crippen molar-refractivity contribution in [1.29, 1.82) is 0 Å². The molecule has 4 nitrogen and oxygen atoms in total. The molecule has 0 aliphatic rings. The molecule has 4 aromatic rings. The second kappa shape index (κ2) is 4.84. The molecule has 4 rings (SSSR count). The minimum atomic E-state index is 0.994. The predicted octanol–water partition coefficient (Wildman–Crippen LogP) is 3.73. The topological polar surface area (TPSA) is 35.6 Å². The van der Waals surface area contributed by atoms with Crippen molar-refractivity contribution in [1.82, 2.24) is 19.3 Å². The lowest BCUT2D eigenvalue weighted by atomic mass is 10.1. The second-order valence-corrected chi connectivity index (χ2v) is 5.56. The van der Waals surface area contributed by atoms with E-state index in [1.807, 2.05) is 30.5 Å². The Balaban J connectivity index is 1.88. The molecule has 2 aromatic heterocycles. The normalized spacial score (nSPS) is 11.2. The molecule has 108 valence electrons. The SMILES string of the molecule is Cc1ccc(-n2cnc3ccc(-c4cnn(C)c4)cc32)cc1. The maximum Gasteiger partial charge on any atom is 0.100 e. The van der Waals surface area contributed by atoms with E-state index in [0.717, 1.165) is 27.8 Å². The lowest BCUT2D eigenvalue weighted by molar-refractivity contribution is 0.768. The smallest absolute Gasteiger partial charge is 0.100 e. The molecule has 2 aromatic carbocycles. The summed E-state index contributed by atoms with van der Waals surface area (Å²) in [6.07, 6.45) is 5.78. The Morgan fingerprint density at radius 1 is 0.955 bits per heavy atom. The summed E-state index contributed by atoms with van der Waals surface area (Å²) >= 11 is 0. The average molecular weight is 288 g/mol. The fourth-order valence-corrected chi connectivity index (χ4v) is 2.67. The predicted molar refractivity (Wildman–Crippen MR) is 88.0 cm³/mol. The summed E-state index contributed by atoms with van der Waals surface area (Å²) in [5.74, 6) is 0. The van der Waals surface area contributed by atoms with Crippen LogP contribution >= 0.6 is 0 Å². The molecule has 0 atom stereocenters. The van der Waals surface area contributed by atoms with Crippen LogP contribution in [-0.2, 0) is 7.05 Å². The van der Waals surface area contributed by atoms with Crippen LogP contribution in [0, 0.1) is 6.92 Å². The van der Waals surface area contributed by atoms with Crippen LogP contribution in [-0.4, -0.2) is 19.3 Å². The van der Waals surface area contributed by atoms with Crippen molar-refractivity contribution in [3.63, 3.8) is 0 Å². The number of fused-ring (bicyclic) bond motifs is 1. The van der Waals surface area contributed by atoms with Gasteiger partial charge in [-0.25, -0.2) is 4.98 Å². The van der Waals surface area contributed by atoms with E-state index in [1.54, 1.807) is 0 Å². The zero-order valence-corrected chi connectivity index (χ0v) is 12.6. The lowest BCUT2D eigenvalue weighted by Gasteiger charge is -2.06. The highest BCUT2D eigenvalue weighted by Crippen LogP contribution is 2.25. The number of hydrogen-bond donors (Lipinski definition) is 0. The molecular formula is C18H16N4. The monoisotopic (exact) mass is 288 g/mol. The van der Waals surface area contributed by atoms with Gasteiger partial charge in [0.15, 0.2) is 0 Å². The van der Waals surface area contributed by atoms with Gasteiger partial charge in [0.2, 0.25) is 0 Å². The van der Waals surface area contributed by atoms with Gasteiger partial charge in [0, 0.05) is 24.5 Å². The zero-order chi connectivity index (χ0) is 15.1. The summed E-state index contributed by atoms with van der Waals surface area (Å²) in [5, 5.41) is 4.25. The molecule has 4 heteroatoms. The molecule has 2 heterocycles. The van der Waals surface area contributed by atoms with Gasteiger partial charge in [-0.05, 0) is 36.8 Å². The van der Waals surface area contributed by atoms with E-state index in [0.29, 0.717) is 0 Å². The van der Waals surface area contributed by atoms with Crippen molar-refractivity contribution in [3.05, 3.63) is 66.7 Å². The van der Waals surface area contributed by atoms with E-state index in [9.17, 15) is 0 Å². The van der Waals surface area contributed by atoms with E-state index in [1.165, 1.54) is 5.56 Å². The Hall–Kier alpha value is -2.88. The number of hydrogen-bond acceptors (Lipinski definition) is 2. The van der Waals surface area contributed by atoms with Crippen LogP contribution in [0.5, 0.6) is 0 Å². The summed E-state index contributed by atoms with van der Waals surface area (Å²) in [5.41, 5.74) is 6.73. The molecule has 0 unspecified atom stereocenters. The number of imidazole rings is 1. The Morgan fingerprint density at radius 2 is 1.77 bits per heavy atom. The van der Waals surface area contributed by atoms with E-state index in [4.69, 9.17) is 0 Å². The molecule has 0 amide bonds. The highest BCUT2D eigenvalue weighted by atomic mass is 15.2. The van der Waals surface area contributed by atoms with Crippen molar-refractivity contribution in [3.8, 4) is 16.8 Å². The maximum absolute atomic E-state index is 4.50. The van der Waals surface area contributed by atoms with Crippen molar-refractivity contribution < 1.29 is 0 Å². The summed E-state index contributed by atoms with van der Waals surface area (Å²) in [6, 6.07) is 14.8. The van der Waals surface area contributed by atoms with Gasteiger partial charge in [0.05, 0.1) is 17.2 Å². The molecule has 0 radical (unpaired) electrons. The number of benzene rings is 2. The van der Waals surface area contributed by atoms with Crippen LogP contribution in [0.2, 0.25) is 0 Å². The van der Waals surface area contributed by atoms with Crippen LogP contribution in [0.3, 0.4) is 0 Å². The number of rotatable bonds is 2. The Morgan fingerprint density at radius 3 is 2.50 bits per heavy atom. The average Bonchev–Trinajstić information content (AvgIpc) is 3.14. The van der Waals surface area contributed by atoms with E-state index in [-0.39, 0.29) is 0 Å². The van der Waals surface area contributed by atoms with Crippen LogP contribution in [0.4, 0.5) is 0 Å². The number of nitrogens with zero attached hydrogens (tertiary/aromatic N) is 4. The molecule has 0 aliphatic heterocycles. The quantitative estimate of drug-likeness (QED) is 0.563. The lowest BCUT2D eigenvalue weighted by Crippen LogP contribution is -1.92. The van der Waals surface area contributed by atoms with Gasteiger partial charge in [-0.1, -0.05) is 23.8 Å². The fourth-order valence-electron chi connectivity index (χ4n) is 2.67. The van der Waals surface area contributed by atoms with E-state index in [2.05, 4.69) is 64.0 Å². The first-order chi connectivity index (χ1) is 10.7. The Kier molecular flexibility index (Phi) is 2.82. The van der Waals surface area contributed by atoms with Crippen molar-refractivity contribution >= 4 is 11.0 Å². The standard InChI is InChI=1S/C18H16N4/c1-13-3-6-16(7-4-13)22-12-19-17-8-5-14(9-18(17)22)15-10-20-21(2)11-15/h3-12H,1-2H3. The molecule has 0 N–H and O–H groups in total. The third-order valence-electron chi connectivity index (χ3n) is 3.90. The van der Waals surface area contributed by atoms with Gasteiger partial charge in [0.25, 0.3) is 0 Å². The third kappa shape index (κ3) is 2.09. The molecule has 0 fully saturated rings. The van der Waals surface area contributed by atoms with Crippen LogP contribution in [0.1, 0.15) is 5.56 Å². The molecule has 0 bridgehead atoms. The molecule has 0 saturated heterocycles. The van der Waals surface area contributed by atoms with Gasteiger partial charge in [-0.15, -0.1) is 0 Å². The highest BCUT2D eigenvalue weighted by molar-refractivity contribution is 5.83. The summed E-state index contributed by atoms with van der Waals surface area (Å²) in [4.78, 5) is 4.50. The summed E-state index contributed by atoms with van der Waals surface area (Å²) < 4.78 is 3.94. The van der Waals surface area contributed by atoms with Gasteiger partial charge in [-0.2, -0.15) is 5.10 Å². The molecule has 0 aliphatic carbocycles. The maximum atomic E-state index is 4.50. The van der Waals surface area contributed by atoms with E-state index >= 15 is 0 Å². The number of aryl methyl sites for hydroxylation is 2. The van der Waals surface area contributed by atoms with Crippen molar-refractivity contribution in [2.75, 3.05) is 0 Å². The van der Waals surface area contributed by atoms with Crippen LogP contribution in [0.15, 0.2) is 61.2 Å². The first-order valence-electron chi connectivity index (χ1n) is 7.24. The summed E-state index contributed by atoms with van der Waals surface area (Å²) in [6.45, 7) is 2.09. The zero-order valence-electron chi connectivity index (χ0n) is 12.6. The second-order valence-electron chi connectivity index (χ2n) is 5.56. The largest absolute Gasteiger partial charge is 0.299 e. The third-order valence-corrected chi connectivity index (χ3v) is 3.90. The Bertz CT molecular complexity index is 945. The Labute approximate surface area is 128 Å². The minimum absolute atomic E-state index is 0.994. The molecule has 22 heavy (non-hydrogen) atoms. The van der Waals surface area contributed by atoms with Crippen LogP contribution in [0.25, 0.3) is 27.8 Å². The molecule has 0 spiro atoms. The van der Waals surface area contributed by atoms with Gasteiger partial charge >= 0.3 is 0 Å². The first kappa shape index (κ1) is 12.8. The molecule has 0 saturated carbocycles. The highest BCUT2D eigenvalue weighted by Gasteiger charge is 2.07. The van der Waals surface area contributed by atoms with Gasteiger partial charge in [0.1, 0.15) is 6.33 Å². The number of aromatic nitrogens is 4. The van der Waals surface area contributed by atoms with Crippen molar-refractivity contribution in [2.24, 2.45) is 7.05 Å². The minimum Gasteiger partial charge on any atom is -0.299 e. The van der Waals surface area contributed by atoms with E-state index < -0.39 is 0 Å². The van der Waals surface area contributed by atoms with Gasteiger partial charge < -0.3 is 0 Å². The fraction of sp³-hybridized carbons (Fsp3) is 0.111. The van der Waals surface area contributed by atoms with Crippen LogP contribution < -0.4 is 0 Å².